The minimum absolute atomic E-state index is 0.116. The summed E-state index contributed by atoms with van der Waals surface area (Å²) < 4.78 is 41.6. The molecule has 0 bridgehead atoms. The van der Waals surface area contributed by atoms with Crippen LogP contribution in [0.4, 0.5) is 4.39 Å². The van der Waals surface area contributed by atoms with Gasteiger partial charge < -0.3 is 9.88 Å². The van der Waals surface area contributed by atoms with Crippen LogP contribution in [-0.2, 0) is 28.3 Å². The fraction of sp³-hybridized carbons (Fsp3) is 0.579. The number of imidazole rings is 1. The van der Waals surface area contributed by atoms with Crippen LogP contribution in [0.25, 0.3) is 11.0 Å². The van der Waals surface area contributed by atoms with Gasteiger partial charge in [-0.25, -0.2) is 22.1 Å². The molecule has 1 fully saturated rings. The Labute approximate surface area is 165 Å². The standard InChI is InChI=1S/C19H27FN4O3S/c1-3-12-28(26,27)24-11-5-6-14(13-24)19(25)21-10-9-17-22-18-15(20)7-4-8-16(18)23(17)2/h4,7-8,14H,3,5-6,9-13H2,1-2H3,(H,21,25). The van der Waals surface area contributed by atoms with E-state index >= 15 is 0 Å². The van der Waals surface area contributed by atoms with Crippen molar-refractivity contribution in [3.63, 3.8) is 0 Å². The molecule has 0 radical (unpaired) electrons. The van der Waals surface area contributed by atoms with E-state index in [2.05, 4.69) is 10.3 Å². The number of para-hydroxylation sites is 1. The number of hydrogen-bond donors (Lipinski definition) is 1. The number of benzene rings is 1. The van der Waals surface area contributed by atoms with Crippen LogP contribution in [0.5, 0.6) is 0 Å². The summed E-state index contributed by atoms with van der Waals surface area (Å²) in [6, 6.07) is 4.83. The number of aryl methyl sites for hydroxylation is 1. The van der Waals surface area contributed by atoms with Crippen molar-refractivity contribution < 1.29 is 17.6 Å². The molecule has 1 saturated heterocycles. The van der Waals surface area contributed by atoms with Crippen LogP contribution in [0.15, 0.2) is 18.2 Å². The first-order valence-electron chi connectivity index (χ1n) is 9.69. The Bertz CT molecular complexity index is 957. The SMILES string of the molecule is CCCS(=O)(=O)N1CCCC(C(=O)NCCc2nc3c(F)cccc3n2C)C1. The Morgan fingerprint density at radius 3 is 2.89 bits per heavy atom. The van der Waals surface area contributed by atoms with E-state index in [1.165, 1.54) is 10.4 Å². The Morgan fingerprint density at radius 1 is 1.39 bits per heavy atom. The molecule has 2 aromatic rings. The summed E-state index contributed by atoms with van der Waals surface area (Å²) in [7, 11) is -1.46. The fourth-order valence-electron chi connectivity index (χ4n) is 3.69. The van der Waals surface area contributed by atoms with Crippen molar-refractivity contribution in [2.24, 2.45) is 13.0 Å². The van der Waals surface area contributed by atoms with Crippen LogP contribution in [0.1, 0.15) is 32.0 Å². The highest BCUT2D eigenvalue weighted by atomic mass is 32.2. The van der Waals surface area contributed by atoms with Gasteiger partial charge in [0.1, 0.15) is 11.3 Å². The number of aromatic nitrogens is 2. The normalized spacial score (nSPS) is 18.5. The first-order valence-corrected chi connectivity index (χ1v) is 11.3. The zero-order chi connectivity index (χ0) is 20.3. The molecule has 1 atom stereocenters. The molecular formula is C19H27FN4O3S. The van der Waals surface area contributed by atoms with Crippen LogP contribution in [-0.4, -0.2) is 53.6 Å². The van der Waals surface area contributed by atoms with Crippen molar-refractivity contribution in [3.8, 4) is 0 Å². The van der Waals surface area contributed by atoms with E-state index in [4.69, 9.17) is 0 Å². The average molecular weight is 411 g/mol. The molecular weight excluding hydrogens is 383 g/mol. The van der Waals surface area contributed by atoms with E-state index in [1.54, 1.807) is 12.1 Å². The quantitative estimate of drug-likeness (QED) is 0.755. The lowest BCUT2D eigenvalue weighted by atomic mass is 9.99. The lowest BCUT2D eigenvalue weighted by molar-refractivity contribution is -0.126. The molecule has 9 heteroatoms. The lowest BCUT2D eigenvalue weighted by Crippen LogP contribution is -2.46. The Hall–Kier alpha value is -2.00. The van der Waals surface area contributed by atoms with Crippen LogP contribution < -0.4 is 5.32 Å². The molecule has 7 nitrogen and oxygen atoms in total. The molecule has 1 aromatic heterocycles. The van der Waals surface area contributed by atoms with Crippen LogP contribution >= 0.6 is 0 Å². The van der Waals surface area contributed by atoms with Crippen molar-refractivity contribution in [3.05, 3.63) is 29.8 Å². The van der Waals surface area contributed by atoms with Gasteiger partial charge in [-0.2, -0.15) is 0 Å². The summed E-state index contributed by atoms with van der Waals surface area (Å²) in [5, 5.41) is 2.88. The van der Waals surface area contributed by atoms with E-state index in [0.29, 0.717) is 55.6 Å². The summed E-state index contributed by atoms with van der Waals surface area (Å²) in [5.74, 6) is -0.0280. The van der Waals surface area contributed by atoms with Crippen molar-refractivity contribution in [2.45, 2.75) is 32.6 Å². The van der Waals surface area contributed by atoms with Gasteiger partial charge in [0.15, 0.2) is 5.82 Å². The van der Waals surface area contributed by atoms with Gasteiger partial charge in [-0.1, -0.05) is 13.0 Å². The van der Waals surface area contributed by atoms with E-state index in [9.17, 15) is 17.6 Å². The van der Waals surface area contributed by atoms with Gasteiger partial charge in [0.2, 0.25) is 15.9 Å². The number of carbonyl (C=O) groups is 1. The number of amides is 1. The number of sulfonamides is 1. The number of carbonyl (C=O) groups excluding carboxylic acids is 1. The monoisotopic (exact) mass is 410 g/mol. The van der Waals surface area contributed by atoms with Crippen molar-refractivity contribution in [1.29, 1.82) is 0 Å². The van der Waals surface area contributed by atoms with Crippen molar-refractivity contribution in [1.82, 2.24) is 19.2 Å². The number of halogens is 1. The van der Waals surface area contributed by atoms with Crippen molar-refractivity contribution >= 4 is 27.0 Å². The first kappa shape index (κ1) is 20.7. The first-order chi connectivity index (χ1) is 13.3. The fourth-order valence-corrected chi connectivity index (χ4v) is 5.28. The second-order valence-electron chi connectivity index (χ2n) is 7.25. The third-order valence-electron chi connectivity index (χ3n) is 5.21. The molecule has 1 unspecified atom stereocenters. The van der Waals surface area contributed by atoms with E-state index in [-0.39, 0.29) is 29.9 Å². The molecule has 1 aliphatic heterocycles. The molecule has 1 amide bonds. The average Bonchev–Trinajstić information content (AvgIpc) is 2.99. The minimum atomic E-state index is -3.28. The molecule has 0 spiro atoms. The van der Waals surface area contributed by atoms with Gasteiger partial charge in [0.25, 0.3) is 0 Å². The summed E-state index contributed by atoms with van der Waals surface area (Å²) in [6.45, 7) is 2.93. The Balaban J connectivity index is 1.57. The highest BCUT2D eigenvalue weighted by Gasteiger charge is 2.31. The zero-order valence-corrected chi connectivity index (χ0v) is 17.1. The predicted molar refractivity (Wildman–Crippen MR) is 106 cm³/mol. The molecule has 3 rings (SSSR count). The van der Waals surface area contributed by atoms with Gasteiger partial charge in [-0.05, 0) is 31.4 Å². The van der Waals surface area contributed by atoms with Crippen LogP contribution in [0.3, 0.4) is 0 Å². The number of nitrogens with zero attached hydrogens (tertiary/aromatic N) is 3. The maximum Gasteiger partial charge on any atom is 0.224 e. The third kappa shape index (κ3) is 4.35. The van der Waals surface area contributed by atoms with Gasteiger partial charge in [-0.15, -0.1) is 0 Å². The summed E-state index contributed by atoms with van der Waals surface area (Å²) in [6.07, 6.45) is 2.40. The largest absolute Gasteiger partial charge is 0.355 e. The topological polar surface area (TPSA) is 84.3 Å². The smallest absolute Gasteiger partial charge is 0.224 e. The molecule has 0 saturated carbocycles. The van der Waals surface area contributed by atoms with E-state index in [0.717, 1.165) is 0 Å². The maximum absolute atomic E-state index is 13.9. The maximum atomic E-state index is 13.9. The van der Waals surface area contributed by atoms with Crippen molar-refractivity contribution in [2.75, 3.05) is 25.4 Å². The third-order valence-corrected chi connectivity index (χ3v) is 7.26. The Morgan fingerprint density at radius 2 is 2.18 bits per heavy atom. The highest BCUT2D eigenvalue weighted by Crippen LogP contribution is 2.21. The van der Waals surface area contributed by atoms with Crippen LogP contribution in [0.2, 0.25) is 0 Å². The molecule has 28 heavy (non-hydrogen) atoms. The number of nitrogens with one attached hydrogen (secondary N) is 1. The second kappa shape index (κ2) is 8.57. The number of piperidine rings is 1. The summed E-state index contributed by atoms with van der Waals surface area (Å²) in [4.78, 5) is 16.8. The summed E-state index contributed by atoms with van der Waals surface area (Å²) in [5.41, 5.74) is 1.04. The molecule has 154 valence electrons. The number of fused-ring (bicyclic) bond motifs is 1. The lowest BCUT2D eigenvalue weighted by Gasteiger charge is -2.31. The molecule has 2 heterocycles. The van der Waals surface area contributed by atoms with Gasteiger partial charge >= 0.3 is 0 Å². The molecule has 1 aromatic carbocycles. The van der Waals surface area contributed by atoms with E-state index in [1.807, 2.05) is 18.5 Å². The van der Waals surface area contributed by atoms with Crippen LogP contribution in [0, 0.1) is 11.7 Å². The van der Waals surface area contributed by atoms with Gasteiger partial charge in [0, 0.05) is 33.1 Å². The highest BCUT2D eigenvalue weighted by molar-refractivity contribution is 7.89. The second-order valence-corrected chi connectivity index (χ2v) is 9.34. The van der Waals surface area contributed by atoms with Gasteiger partial charge in [0.05, 0.1) is 17.2 Å². The zero-order valence-electron chi connectivity index (χ0n) is 16.3. The minimum Gasteiger partial charge on any atom is -0.355 e. The summed E-state index contributed by atoms with van der Waals surface area (Å²) >= 11 is 0. The van der Waals surface area contributed by atoms with E-state index < -0.39 is 10.0 Å². The molecule has 1 N–H and O–H groups in total. The Kier molecular flexibility index (Phi) is 6.34. The number of hydrogen-bond acceptors (Lipinski definition) is 4. The molecule has 1 aliphatic rings. The predicted octanol–water partition coefficient (Wildman–Crippen LogP) is 1.82. The van der Waals surface area contributed by atoms with Gasteiger partial charge in [-0.3, -0.25) is 4.79 Å². The number of rotatable bonds is 7. The molecule has 0 aliphatic carbocycles.